The zero-order valence-electron chi connectivity index (χ0n) is 18.6. The summed E-state index contributed by atoms with van der Waals surface area (Å²) in [5.41, 5.74) is 0.498. The zero-order valence-corrected chi connectivity index (χ0v) is 19.3. The summed E-state index contributed by atoms with van der Waals surface area (Å²) in [6, 6.07) is 4.38. The number of hydrogen-bond donors (Lipinski definition) is 0. The number of aryl methyl sites for hydroxylation is 2. The standard InChI is InChI=1S/C23H26ClFN6O2/c1-15-20(22(28-33-15)21-16(24)6-5-7-17(21)25)23(32)30-12-10-29(11-13-30)14-19-27-26-18-8-3-2-4-9-31(18)19/h5-7H,2-4,8-14H2,1H3. The molecular weight excluding hydrogens is 447 g/mol. The highest BCUT2D eigenvalue weighted by Gasteiger charge is 2.31. The molecule has 1 amide bonds. The van der Waals surface area contributed by atoms with Crippen LogP contribution in [-0.4, -0.2) is 61.8 Å². The number of hydrogen-bond acceptors (Lipinski definition) is 6. The van der Waals surface area contributed by atoms with Gasteiger partial charge >= 0.3 is 0 Å². The number of carbonyl (C=O) groups excluding carboxylic acids is 1. The maximum Gasteiger partial charge on any atom is 0.259 e. The first-order chi connectivity index (χ1) is 16.0. The average molecular weight is 473 g/mol. The Kier molecular flexibility index (Phi) is 6.16. The van der Waals surface area contributed by atoms with Gasteiger partial charge in [-0.2, -0.15) is 0 Å². The van der Waals surface area contributed by atoms with E-state index in [-0.39, 0.29) is 27.8 Å². The van der Waals surface area contributed by atoms with Gasteiger partial charge in [0.2, 0.25) is 0 Å². The van der Waals surface area contributed by atoms with E-state index in [1.54, 1.807) is 17.9 Å². The molecular formula is C23H26ClFN6O2. The highest BCUT2D eigenvalue weighted by Crippen LogP contribution is 2.34. The predicted molar refractivity (Wildman–Crippen MR) is 120 cm³/mol. The minimum absolute atomic E-state index is 0.0884. The fourth-order valence-electron chi connectivity index (χ4n) is 4.65. The van der Waals surface area contributed by atoms with Crippen LogP contribution in [0.1, 0.15) is 47.0 Å². The molecule has 1 saturated heterocycles. The van der Waals surface area contributed by atoms with Gasteiger partial charge in [0.15, 0.2) is 0 Å². The summed E-state index contributed by atoms with van der Waals surface area (Å²) in [6.45, 7) is 5.89. The Hall–Kier alpha value is -2.78. The number of benzene rings is 1. The second kappa shape index (κ2) is 9.23. The van der Waals surface area contributed by atoms with Crippen LogP contribution in [0.5, 0.6) is 0 Å². The lowest BCUT2D eigenvalue weighted by Gasteiger charge is -2.34. The summed E-state index contributed by atoms with van der Waals surface area (Å²) in [5, 5.41) is 13.0. The van der Waals surface area contributed by atoms with Gasteiger partial charge in [-0.15, -0.1) is 10.2 Å². The van der Waals surface area contributed by atoms with Crippen LogP contribution in [0.25, 0.3) is 11.3 Å². The Morgan fingerprint density at radius 1 is 1.12 bits per heavy atom. The van der Waals surface area contributed by atoms with Crippen LogP contribution in [-0.2, 0) is 19.5 Å². The van der Waals surface area contributed by atoms with Crippen molar-refractivity contribution in [1.82, 2.24) is 29.7 Å². The number of fused-ring (bicyclic) bond motifs is 1. The molecule has 0 aliphatic carbocycles. The Labute approximate surface area is 196 Å². The fraction of sp³-hybridized carbons (Fsp3) is 0.478. The summed E-state index contributed by atoms with van der Waals surface area (Å²) < 4.78 is 22.0. The molecule has 0 saturated carbocycles. The molecule has 1 aromatic carbocycles. The van der Waals surface area contributed by atoms with Gasteiger partial charge < -0.3 is 14.0 Å². The Bertz CT molecular complexity index is 1150. The van der Waals surface area contributed by atoms with Crippen molar-refractivity contribution >= 4 is 17.5 Å². The molecule has 3 aromatic rings. The first kappa shape index (κ1) is 22.0. The van der Waals surface area contributed by atoms with Gasteiger partial charge in [-0.1, -0.05) is 29.2 Å². The van der Waals surface area contributed by atoms with E-state index in [1.807, 2.05) is 0 Å². The largest absolute Gasteiger partial charge is 0.360 e. The van der Waals surface area contributed by atoms with Crippen LogP contribution in [0.3, 0.4) is 0 Å². The van der Waals surface area contributed by atoms with Crippen LogP contribution in [0, 0.1) is 12.7 Å². The smallest absolute Gasteiger partial charge is 0.259 e. The molecule has 5 rings (SSSR count). The molecule has 1 fully saturated rings. The monoisotopic (exact) mass is 472 g/mol. The zero-order chi connectivity index (χ0) is 22.9. The third-order valence-electron chi connectivity index (χ3n) is 6.49. The number of nitrogens with zero attached hydrogens (tertiary/aromatic N) is 6. The van der Waals surface area contributed by atoms with Crippen LogP contribution in [0.15, 0.2) is 22.7 Å². The lowest BCUT2D eigenvalue weighted by molar-refractivity contribution is 0.0622. The molecule has 174 valence electrons. The van der Waals surface area contributed by atoms with Crippen molar-refractivity contribution in [3.63, 3.8) is 0 Å². The third kappa shape index (κ3) is 4.27. The second-order valence-corrected chi connectivity index (χ2v) is 9.03. The van der Waals surface area contributed by atoms with Gasteiger partial charge in [-0.3, -0.25) is 9.69 Å². The summed E-state index contributed by atoms with van der Waals surface area (Å²) in [4.78, 5) is 17.4. The SMILES string of the molecule is Cc1onc(-c2c(F)cccc2Cl)c1C(=O)N1CCN(Cc2nnc3n2CCCCC3)CC1. The van der Waals surface area contributed by atoms with Crippen LogP contribution < -0.4 is 0 Å². The second-order valence-electron chi connectivity index (χ2n) is 8.62. The molecule has 0 atom stereocenters. The van der Waals surface area contributed by atoms with E-state index in [1.165, 1.54) is 25.0 Å². The van der Waals surface area contributed by atoms with Crippen molar-refractivity contribution in [2.45, 2.75) is 45.7 Å². The number of piperazine rings is 1. The summed E-state index contributed by atoms with van der Waals surface area (Å²) >= 11 is 6.22. The van der Waals surface area contributed by atoms with E-state index >= 15 is 0 Å². The lowest BCUT2D eigenvalue weighted by atomic mass is 10.0. The van der Waals surface area contributed by atoms with E-state index in [9.17, 15) is 9.18 Å². The van der Waals surface area contributed by atoms with Crippen LogP contribution in [0.2, 0.25) is 5.02 Å². The molecule has 2 aromatic heterocycles. The first-order valence-electron chi connectivity index (χ1n) is 11.4. The first-order valence-corrected chi connectivity index (χ1v) is 11.7. The number of aromatic nitrogens is 4. The highest BCUT2D eigenvalue weighted by molar-refractivity contribution is 6.33. The van der Waals surface area contributed by atoms with E-state index in [0.29, 0.717) is 31.9 Å². The maximum atomic E-state index is 14.5. The van der Waals surface area contributed by atoms with Gasteiger partial charge in [-0.05, 0) is 31.9 Å². The number of carbonyl (C=O) groups is 1. The normalized spacial score (nSPS) is 17.1. The maximum absolute atomic E-state index is 14.5. The van der Waals surface area contributed by atoms with Crippen LogP contribution >= 0.6 is 11.6 Å². The summed E-state index contributed by atoms with van der Waals surface area (Å²) in [7, 11) is 0. The van der Waals surface area contributed by atoms with E-state index in [4.69, 9.17) is 16.1 Å². The van der Waals surface area contributed by atoms with Crippen molar-refractivity contribution in [2.75, 3.05) is 26.2 Å². The van der Waals surface area contributed by atoms with Gasteiger partial charge in [0, 0.05) is 39.1 Å². The minimum Gasteiger partial charge on any atom is -0.360 e. The van der Waals surface area contributed by atoms with Gasteiger partial charge in [-0.25, -0.2) is 4.39 Å². The molecule has 10 heteroatoms. The molecule has 0 radical (unpaired) electrons. The van der Waals surface area contributed by atoms with Crippen molar-refractivity contribution < 1.29 is 13.7 Å². The summed E-state index contributed by atoms with van der Waals surface area (Å²) in [6.07, 6.45) is 4.54. The predicted octanol–water partition coefficient (Wildman–Crippen LogP) is 3.72. The van der Waals surface area contributed by atoms with Gasteiger partial charge in [0.05, 0.1) is 17.1 Å². The number of amides is 1. The Balaban J connectivity index is 1.29. The number of rotatable bonds is 4. The average Bonchev–Trinajstić information content (AvgIpc) is 3.27. The van der Waals surface area contributed by atoms with E-state index < -0.39 is 5.82 Å². The van der Waals surface area contributed by atoms with Crippen molar-refractivity contribution in [2.24, 2.45) is 0 Å². The molecule has 33 heavy (non-hydrogen) atoms. The van der Waals surface area contributed by atoms with Crippen LogP contribution in [0.4, 0.5) is 4.39 Å². The molecule has 2 aliphatic rings. The highest BCUT2D eigenvalue weighted by atomic mass is 35.5. The topological polar surface area (TPSA) is 80.3 Å². The number of halogens is 2. The molecule has 0 unspecified atom stereocenters. The van der Waals surface area contributed by atoms with E-state index in [0.717, 1.165) is 37.6 Å². The van der Waals surface area contributed by atoms with Gasteiger partial charge in [0.1, 0.15) is 34.5 Å². The van der Waals surface area contributed by atoms with E-state index in [2.05, 4.69) is 24.8 Å². The lowest BCUT2D eigenvalue weighted by Crippen LogP contribution is -2.48. The quantitative estimate of drug-likeness (QED) is 0.575. The molecule has 0 spiro atoms. The molecule has 4 heterocycles. The third-order valence-corrected chi connectivity index (χ3v) is 6.80. The molecule has 0 N–H and O–H groups in total. The van der Waals surface area contributed by atoms with Crippen molar-refractivity contribution in [3.05, 3.63) is 52.0 Å². The van der Waals surface area contributed by atoms with Crippen molar-refractivity contribution in [1.29, 1.82) is 0 Å². The molecule has 0 bridgehead atoms. The molecule has 8 nitrogen and oxygen atoms in total. The van der Waals surface area contributed by atoms with Gasteiger partial charge in [0.25, 0.3) is 5.91 Å². The Morgan fingerprint density at radius 2 is 1.94 bits per heavy atom. The fourth-order valence-corrected chi connectivity index (χ4v) is 4.90. The summed E-state index contributed by atoms with van der Waals surface area (Å²) in [5.74, 6) is 1.67. The Morgan fingerprint density at radius 3 is 2.73 bits per heavy atom. The minimum atomic E-state index is -0.540. The molecule has 2 aliphatic heterocycles. The van der Waals surface area contributed by atoms with Crippen molar-refractivity contribution in [3.8, 4) is 11.3 Å².